The zero-order valence-corrected chi connectivity index (χ0v) is 12.0. The number of nitrogens with one attached hydrogen (secondary N) is 2. The van der Waals surface area contributed by atoms with Crippen LogP contribution in [-0.2, 0) is 16.1 Å². The number of nitrogen functional groups attached to an aromatic ring is 1. The Morgan fingerprint density at radius 1 is 1.60 bits per heavy atom. The summed E-state index contributed by atoms with van der Waals surface area (Å²) in [6.45, 7) is 2.11. The largest absolute Gasteiger partial charge is 0.378 e. The van der Waals surface area contributed by atoms with Gasteiger partial charge in [-0.25, -0.2) is 5.84 Å². The Hall–Kier alpha value is -1.48. The molecule has 0 bridgehead atoms. The van der Waals surface area contributed by atoms with E-state index in [1.165, 1.54) is 11.3 Å². The highest BCUT2D eigenvalue weighted by atomic mass is 32.1. The second-order valence-corrected chi connectivity index (χ2v) is 5.34. The van der Waals surface area contributed by atoms with Gasteiger partial charge in [-0.3, -0.25) is 19.9 Å². The smallest absolute Gasteiger partial charge is 0.275 e. The van der Waals surface area contributed by atoms with Gasteiger partial charge in [0, 0.05) is 20.1 Å². The summed E-state index contributed by atoms with van der Waals surface area (Å²) < 4.78 is 5.35. The summed E-state index contributed by atoms with van der Waals surface area (Å²) in [5.41, 5.74) is 3.01. The van der Waals surface area contributed by atoms with Gasteiger partial charge in [-0.15, -0.1) is 11.3 Å². The summed E-state index contributed by atoms with van der Waals surface area (Å²) in [6.07, 6.45) is 0. The van der Waals surface area contributed by atoms with Crippen molar-refractivity contribution in [3.05, 3.63) is 21.9 Å². The van der Waals surface area contributed by atoms with E-state index in [4.69, 9.17) is 10.6 Å². The lowest BCUT2D eigenvalue weighted by Crippen LogP contribution is -2.52. The van der Waals surface area contributed by atoms with Crippen LogP contribution in [0.1, 0.15) is 15.2 Å². The minimum Gasteiger partial charge on any atom is -0.378 e. The molecule has 0 spiro atoms. The van der Waals surface area contributed by atoms with Crippen LogP contribution in [-0.4, -0.2) is 49.6 Å². The molecule has 0 aliphatic carbocycles. The quantitative estimate of drug-likeness (QED) is 0.388. The molecule has 8 heteroatoms. The van der Waals surface area contributed by atoms with Crippen LogP contribution in [0.4, 0.5) is 0 Å². The predicted octanol–water partition coefficient (Wildman–Crippen LogP) is -0.702. The molecule has 1 atom stereocenters. The first kappa shape index (κ1) is 14.9. The Kier molecular flexibility index (Phi) is 5.07. The normalized spacial score (nSPS) is 19.6. The van der Waals surface area contributed by atoms with Crippen LogP contribution in [0.3, 0.4) is 0 Å². The van der Waals surface area contributed by atoms with Crippen LogP contribution < -0.4 is 16.6 Å². The molecular weight excluding hydrogens is 280 g/mol. The first-order valence-electron chi connectivity index (χ1n) is 6.28. The number of thiophene rings is 1. The van der Waals surface area contributed by atoms with Crippen molar-refractivity contribution in [3.8, 4) is 0 Å². The summed E-state index contributed by atoms with van der Waals surface area (Å²) in [6, 6.07) is 1.55. The Balaban J connectivity index is 2.13. The Morgan fingerprint density at radius 2 is 2.40 bits per heavy atom. The van der Waals surface area contributed by atoms with Crippen molar-refractivity contribution in [1.82, 2.24) is 15.6 Å². The van der Waals surface area contributed by atoms with E-state index >= 15 is 0 Å². The number of hydrogen-bond donors (Lipinski definition) is 3. The first-order chi connectivity index (χ1) is 9.67. The number of hydrazine groups is 1. The van der Waals surface area contributed by atoms with Gasteiger partial charge in [0.25, 0.3) is 5.91 Å². The van der Waals surface area contributed by atoms with E-state index in [9.17, 15) is 9.59 Å². The van der Waals surface area contributed by atoms with Gasteiger partial charge >= 0.3 is 0 Å². The summed E-state index contributed by atoms with van der Waals surface area (Å²) in [5, 5.41) is 4.48. The number of nitrogens with two attached hydrogens (primary N) is 1. The molecule has 1 fully saturated rings. The predicted molar refractivity (Wildman–Crippen MR) is 75.1 cm³/mol. The first-order valence-corrected chi connectivity index (χ1v) is 7.16. The number of nitrogens with zero attached hydrogens (tertiary/aromatic N) is 1. The van der Waals surface area contributed by atoms with Gasteiger partial charge in [-0.1, -0.05) is 0 Å². The average molecular weight is 298 g/mol. The molecule has 0 radical (unpaired) electrons. The molecule has 1 aromatic rings. The summed E-state index contributed by atoms with van der Waals surface area (Å²) in [5.74, 6) is 4.79. The van der Waals surface area contributed by atoms with Crippen molar-refractivity contribution in [1.29, 1.82) is 0 Å². The molecule has 7 nitrogen and oxygen atoms in total. The van der Waals surface area contributed by atoms with Gasteiger partial charge in [0.05, 0.1) is 18.1 Å². The molecule has 2 heterocycles. The van der Waals surface area contributed by atoms with Crippen molar-refractivity contribution in [2.45, 2.75) is 12.6 Å². The van der Waals surface area contributed by atoms with Crippen LogP contribution in [0.25, 0.3) is 0 Å². The van der Waals surface area contributed by atoms with E-state index in [0.717, 1.165) is 5.56 Å². The molecule has 20 heavy (non-hydrogen) atoms. The van der Waals surface area contributed by atoms with Gasteiger partial charge in [0.15, 0.2) is 0 Å². The second-order valence-electron chi connectivity index (χ2n) is 4.42. The Bertz CT molecular complexity index is 491. The average Bonchev–Trinajstić information content (AvgIpc) is 2.94. The van der Waals surface area contributed by atoms with Gasteiger partial charge in [-0.2, -0.15) is 0 Å². The molecule has 1 saturated heterocycles. The molecule has 1 aliphatic rings. The molecule has 2 amide bonds. The molecule has 0 saturated carbocycles. The zero-order valence-electron chi connectivity index (χ0n) is 11.2. The molecule has 1 unspecified atom stereocenters. The topological polar surface area (TPSA) is 96.7 Å². The third-order valence-electron chi connectivity index (χ3n) is 3.25. The van der Waals surface area contributed by atoms with Gasteiger partial charge in [0.2, 0.25) is 5.91 Å². The van der Waals surface area contributed by atoms with E-state index in [1.807, 2.05) is 16.3 Å². The van der Waals surface area contributed by atoms with Gasteiger partial charge in [-0.05, 0) is 17.0 Å². The summed E-state index contributed by atoms with van der Waals surface area (Å²) >= 11 is 1.34. The van der Waals surface area contributed by atoms with Crippen molar-refractivity contribution >= 4 is 23.2 Å². The summed E-state index contributed by atoms with van der Waals surface area (Å²) in [7, 11) is 1.60. The highest BCUT2D eigenvalue weighted by molar-refractivity contribution is 7.12. The van der Waals surface area contributed by atoms with Crippen LogP contribution >= 0.6 is 11.3 Å². The molecular formula is C12H18N4O3S. The summed E-state index contributed by atoms with van der Waals surface area (Å²) in [4.78, 5) is 26.1. The number of rotatable bonds is 4. The van der Waals surface area contributed by atoms with Crippen LogP contribution in [0.5, 0.6) is 0 Å². The van der Waals surface area contributed by atoms with Crippen molar-refractivity contribution in [3.63, 3.8) is 0 Å². The number of hydrogen-bond acceptors (Lipinski definition) is 6. The van der Waals surface area contributed by atoms with Crippen molar-refractivity contribution in [2.24, 2.45) is 5.84 Å². The number of likely N-dealkylation sites (N-methyl/N-ethyl adjacent to an activating group) is 1. The second kappa shape index (κ2) is 6.80. The van der Waals surface area contributed by atoms with E-state index < -0.39 is 0 Å². The third-order valence-corrected chi connectivity index (χ3v) is 4.20. The van der Waals surface area contributed by atoms with Crippen LogP contribution in [0, 0.1) is 0 Å². The van der Waals surface area contributed by atoms with Crippen LogP contribution in [0.15, 0.2) is 11.4 Å². The number of carbonyl (C=O) groups excluding carboxylic acids is 2. The maximum absolute atomic E-state index is 11.9. The lowest BCUT2D eigenvalue weighted by atomic mass is 10.1. The number of amides is 2. The fourth-order valence-electron chi connectivity index (χ4n) is 2.18. The molecule has 1 aliphatic heterocycles. The van der Waals surface area contributed by atoms with Crippen LogP contribution in [0.2, 0.25) is 0 Å². The highest BCUT2D eigenvalue weighted by Crippen LogP contribution is 2.20. The molecule has 1 aromatic heterocycles. The Morgan fingerprint density at radius 3 is 3.10 bits per heavy atom. The fraction of sp³-hybridized carbons (Fsp3) is 0.500. The molecule has 0 aromatic carbocycles. The fourth-order valence-corrected chi connectivity index (χ4v) is 3.00. The minimum absolute atomic E-state index is 0.0789. The minimum atomic E-state index is -0.331. The van der Waals surface area contributed by atoms with Crippen molar-refractivity contribution in [2.75, 3.05) is 26.8 Å². The third kappa shape index (κ3) is 3.15. The molecule has 110 valence electrons. The van der Waals surface area contributed by atoms with E-state index in [0.29, 0.717) is 31.2 Å². The molecule has 4 N–H and O–H groups in total. The number of ether oxygens (including phenoxy) is 1. The van der Waals surface area contributed by atoms with E-state index in [1.54, 1.807) is 7.05 Å². The highest BCUT2D eigenvalue weighted by Gasteiger charge is 2.29. The SMILES string of the molecule is CNC(=O)C1COCCN1Cc1ccsc1C(=O)NN. The monoisotopic (exact) mass is 298 g/mol. The van der Waals surface area contributed by atoms with E-state index in [2.05, 4.69) is 10.7 Å². The lowest BCUT2D eigenvalue weighted by molar-refractivity contribution is -0.132. The maximum Gasteiger partial charge on any atom is 0.275 e. The Labute approximate surface area is 121 Å². The lowest BCUT2D eigenvalue weighted by Gasteiger charge is -2.34. The van der Waals surface area contributed by atoms with E-state index in [-0.39, 0.29) is 17.9 Å². The standard InChI is InChI=1S/C12H18N4O3S/c1-14-11(17)9-7-19-4-3-16(9)6-8-2-5-20-10(8)12(18)15-13/h2,5,9H,3-4,6-7,13H2,1H3,(H,14,17)(H,15,18). The maximum atomic E-state index is 11.9. The van der Waals surface area contributed by atoms with Crippen molar-refractivity contribution < 1.29 is 14.3 Å². The number of carbonyl (C=O) groups is 2. The van der Waals surface area contributed by atoms with Gasteiger partial charge < -0.3 is 10.1 Å². The molecule has 2 rings (SSSR count). The van der Waals surface area contributed by atoms with Gasteiger partial charge in [0.1, 0.15) is 6.04 Å². The zero-order chi connectivity index (χ0) is 14.5. The number of morpholine rings is 1.